The van der Waals surface area contributed by atoms with Gasteiger partial charge in [0, 0.05) is 51.7 Å². The Kier molecular flexibility index (Phi) is 4.48. The molecule has 0 bridgehead atoms. The van der Waals surface area contributed by atoms with Crippen molar-refractivity contribution >= 4 is 28.2 Å². The van der Waals surface area contributed by atoms with E-state index in [4.69, 9.17) is 0 Å². The fourth-order valence-corrected chi connectivity index (χ4v) is 2.56. The molecule has 2 aromatic heterocycles. The number of hydrogen-bond acceptors (Lipinski definition) is 8. The van der Waals surface area contributed by atoms with Crippen LogP contribution in [0.4, 0.5) is 17.3 Å². The van der Waals surface area contributed by atoms with Crippen LogP contribution in [0.2, 0.25) is 0 Å². The molecule has 10 heteroatoms. The Labute approximate surface area is 148 Å². The molecule has 10 nitrogen and oxygen atoms in total. The van der Waals surface area contributed by atoms with Crippen LogP contribution in [-0.2, 0) is 6.54 Å². The molecule has 0 amide bonds. The highest BCUT2D eigenvalue weighted by Gasteiger charge is 2.20. The molecule has 0 radical (unpaired) electrons. The first-order valence-corrected chi connectivity index (χ1v) is 7.72. The summed E-state index contributed by atoms with van der Waals surface area (Å²) in [7, 11) is 5.41. The number of hydrogen-bond donors (Lipinski definition) is 1. The molecule has 3 rings (SSSR count). The minimum absolute atomic E-state index is 0.163. The van der Waals surface area contributed by atoms with Crippen molar-refractivity contribution in [2.75, 3.05) is 30.9 Å². The number of aromatic nitrogens is 4. The van der Waals surface area contributed by atoms with Crippen LogP contribution in [0.1, 0.15) is 5.56 Å². The Bertz CT molecular complexity index is 1010. The van der Waals surface area contributed by atoms with E-state index in [1.54, 1.807) is 29.2 Å². The number of nitro benzene ring substituents is 1. The zero-order valence-corrected chi connectivity index (χ0v) is 14.5. The van der Waals surface area contributed by atoms with Gasteiger partial charge in [-0.1, -0.05) is 0 Å². The van der Waals surface area contributed by atoms with Gasteiger partial charge in [0.25, 0.3) is 11.2 Å². The zero-order valence-electron chi connectivity index (χ0n) is 14.5. The van der Waals surface area contributed by atoms with Crippen molar-refractivity contribution in [3.05, 3.63) is 56.9 Å². The first-order valence-electron chi connectivity index (χ1n) is 7.72. The quantitative estimate of drug-likeness (QED) is 0.537. The molecule has 26 heavy (non-hydrogen) atoms. The van der Waals surface area contributed by atoms with Gasteiger partial charge in [-0.25, -0.2) is 15.0 Å². The van der Waals surface area contributed by atoms with Crippen LogP contribution in [0.25, 0.3) is 10.9 Å². The maximum Gasteiger partial charge on any atom is 0.293 e. The number of nitrogens with zero attached hydrogens (tertiary/aromatic N) is 6. The molecule has 0 atom stereocenters. The highest BCUT2D eigenvalue weighted by atomic mass is 16.6. The van der Waals surface area contributed by atoms with Crippen molar-refractivity contribution in [1.82, 2.24) is 19.9 Å². The van der Waals surface area contributed by atoms with Crippen molar-refractivity contribution in [2.45, 2.75) is 6.54 Å². The molecule has 0 aliphatic rings. The number of fused-ring (bicyclic) bond motifs is 1. The summed E-state index contributed by atoms with van der Waals surface area (Å²) in [5.41, 5.74) is 0.966. The van der Waals surface area contributed by atoms with Crippen molar-refractivity contribution in [2.24, 2.45) is 0 Å². The second-order valence-electron chi connectivity index (χ2n) is 5.99. The van der Waals surface area contributed by atoms with Gasteiger partial charge >= 0.3 is 0 Å². The summed E-state index contributed by atoms with van der Waals surface area (Å²) < 4.78 is 0. The Morgan fingerprint density at radius 3 is 2.46 bits per heavy atom. The summed E-state index contributed by atoms with van der Waals surface area (Å²) in [4.78, 5) is 41.3. The van der Waals surface area contributed by atoms with Crippen molar-refractivity contribution in [3.63, 3.8) is 0 Å². The van der Waals surface area contributed by atoms with Crippen LogP contribution in [0, 0.1) is 10.1 Å². The second-order valence-corrected chi connectivity index (χ2v) is 5.99. The maximum absolute atomic E-state index is 11.9. The van der Waals surface area contributed by atoms with Gasteiger partial charge in [0.15, 0.2) is 0 Å². The molecule has 0 fully saturated rings. The second kappa shape index (κ2) is 6.75. The van der Waals surface area contributed by atoms with E-state index in [1.165, 1.54) is 18.5 Å². The standard InChI is InChI=1S/C16H17N7O3/c1-21(2)16-17-6-10(7-18-16)8-22(3)13-5-12-11(4-14(13)23(25)26)15(24)20-9-19-12/h4-7,9H,8H2,1-3H3,(H,19,20,24). The fourth-order valence-electron chi connectivity index (χ4n) is 2.56. The van der Waals surface area contributed by atoms with Gasteiger partial charge in [-0.2, -0.15) is 0 Å². The normalized spacial score (nSPS) is 10.7. The van der Waals surface area contributed by atoms with Gasteiger partial charge < -0.3 is 14.8 Å². The van der Waals surface area contributed by atoms with E-state index < -0.39 is 10.5 Å². The molecule has 2 heterocycles. The molecule has 0 spiro atoms. The van der Waals surface area contributed by atoms with E-state index in [1.807, 2.05) is 14.1 Å². The van der Waals surface area contributed by atoms with Crippen LogP contribution in [0.5, 0.6) is 0 Å². The average molecular weight is 355 g/mol. The molecular weight excluding hydrogens is 338 g/mol. The van der Waals surface area contributed by atoms with Crippen molar-refractivity contribution in [1.29, 1.82) is 0 Å². The molecule has 0 saturated heterocycles. The van der Waals surface area contributed by atoms with E-state index in [-0.39, 0.29) is 11.1 Å². The molecule has 134 valence electrons. The van der Waals surface area contributed by atoms with Crippen LogP contribution < -0.4 is 15.4 Å². The molecule has 0 saturated carbocycles. The van der Waals surface area contributed by atoms with Crippen LogP contribution >= 0.6 is 0 Å². The number of H-pyrrole nitrogens is 1. The molecule has 0 aliphatic heterocycles. The van der Waals surface area contributed by atoms with Crippen LogP contribution in [-0.4, -0.2) is 46.0 Å². The van der Waals surface area contributed by atoms with E-state index in [0.717, 1.165) is 5.56 Å². The lowest BCUT2D eigenvalue weighted by molar-refractivity contribution is -0.384. The lowest BCUT2D eigenvalue weighted by Crippen LogP contribution is -2.19. The lowest BCUT2D eigenvalue weighted by Gasteiger charge is -2.19. The minimum atomic E-state index is -0.511. The molecule has 0 unspecified atom stereocenters. The highest BCUT2D eigenvalue weighted by Crippen LogP contribution is 2.31. The smallest absolute Gasteiger partial charge is 0.293 e. The van der Waals surface area contributed by atoms with Gasteiger partial charge in [-0.3, -0.25) is 14.9 Å². The van der Waals surface area contributed by atoms with Crippen LogP contribution in [0.3, 0.4) is 0 Å². The number of nitrogens with one attached hydrogen (secondary N) is 1. The minimum Gasteiger partial charge on any atom is -0.365 e. The van der Waals surface area contributed by atoms with E-state index in [9.17, 15) is 14.9 Å². The maximum atomic E-state index is 11.9. The highest BCUT2D eigenvalue weighted by molar-refractivity contribution is 5.86. The topological polar surface area (TPSA) is 121 Å². The van der Waals surface area contributed by atoms with Gasteiger partial charge in [0.05, 0.1) is 22.2 Å². The predicted molar refractivity (Wildman–Crippen MR) is 97.5 cm³/mol. The molecule has 0 aliphatic carbocycles. The molecule has 3 aromatic rings. The number of rotatable bonds is 5. The van der Waals surface area contributed by atoms with Crippen molar-refractivity contribution in [3.8, 4) is 0 Å². The van der Waals surface area contributed by atoms with Gasteiger partial charge in [0.2, 0.25) is 5.95 Å². The third-order valence-electron chi connectivity index (χ3n) is 3.86. The molecule has 1 aromatic carbocycles. The third-order valence-corrected chi connectivity index (χ3v) is 3.86. The molecular formula is C16H17N7O3. The molecule has 1 N–H and O–H groups in total. The monoisotopic (exact) mass is 355 g/mol. The Morgan fingerprint density at radius 1 is 1.15 bits per heavy atom. The summed E-state index contributed by atoms with van der Waals surface area (Å²) >= 11 is 0. The van der Waals surface area contributed by atoms with Gasteiger partial charge in [0.1, 0.15) is 5.69 Å². The number of anilines is 2. The zero-order chi connectivity index (χ0) is 18.8. The third kappa shape index (κ3) is 3.29. The summed E-state index contributed by atoms with van der Waals surface area (Å²) in [6.45, 7) is 0.364. The average Bonchev–Trinajstić information content (AvgIpc) is 2.61. The fraction of sp³-hybridized carbons (Fsp3) is 0.250. The Hall–Kier alpha value is -3.56. The summed E-state index contributed by atoms with van der Waals surface area (Å²) in [5, 5.41) is 11.6. The summed E-state index contributed by atoms with van der Waals surface area (Å²) in [6.07, 6.45) is 4.62. The SMILES string of the molecule is CN(C)c1ncc(CN(C)c2cc3nc[nH]c(=O)c3cc2[N+](=O)[O-])cn1. The van der Waals surface area contributed by atoms with E-state index >= 15 is 0 Å². The first-order chi connectivity index (χ1) is 12.4. The van der Waals surface area contributed by atoms with Crippen molar-refractivity contribution < 1.29 is 4.92 Å². The Morgan fingerprint density at radius 2 is 1.85 bits per heavy atom. The predicted octanol–water partition coefficient (Wildman–Crippen LogP) is 1.32. The van der Waals surface area contributed by atoms with Gasteiger partial charge in [-0.15, -0.1) is 0 Å². The largest absolute Gasteiger partial charge is 0.365 e. The summed E-state index contributed by atoms with van der Waals surface area (Å²) in [5.74, 6) is 0.580. The van der Waals surface area contributed by atoms with E-state index in [0.29, 0.717) is 23.7 Å². The number of benzene rings is 1. The summed E-state index contributed by atoms with van der Waals surface area (Å²) in [6, 6.07) is 2.79. The Balaban J connectivity index is 1.98. The number of nitro groups is 1. The first kappa shape index (κ1) is 17.3. The van der Waals surface area contributed by atoms with Crippen LogP contribution in [0.15, 0.2) is 35.6 Å². The lowest BCUT2D eigenvalue weighted by atomic mass is 10.1. The number of aromatic amines is 1. The van der Waals surface area contributed by atoms with Gasteiger partial charge in [-0.05, 0) is 6.07 Å². The van der Waals surface area contributed by atoms with E-state index in [2.05, 4.69) is 19.9 Å².